The summed E-state index contributed by atoms with van der Waals surface area (Å²) in [5, 5.41) is 11.2. The fourth-order valence-corrected chi connectivity index (χ4v) is 4.35. The minimum absolute atomic E-state index is 0.0241. The number of benzene rings is 4. The number of pyridine rings is 1. The first-order valence-electron chi connectivity index (χ1n) is 11.8. The molecule has 6 nitrogen and oxygen atoms in total. The van der Waals surface area contributed by atoms with Crippen LogP contribution < -0.4 is 4.74 Å². The maximum atomic E-state index is 13.8. The van der Waals surface area contributed by atoms with Crippen molar-refractivity contribution in [3.05, 3.63) is 136 Å². The Hall–Kier alpha value is -5.05. The Labute approximate surface area is 220 Å². The van der Waals surface area contributed by atoms with Gasteiger partial charge in [0.1, 0.15) is 12.4 Å². The van der Waals surface area contributed by atoms with Crippen LogP contribution in [-0.4, -0.2) is 15.7 Å². The van der Waals surface area contributed by atoms with Crippen molar-refractivity contribution in [3.8, 4) is 16.9 Å². The van der Waals surface area contributed by atoms with Crippen molar-refractivity contribution in [2.24, 2.45) is 0 Å². The summed E-state index contributed by atoms with van der Waals surface area (Å²) in [5.74, 6) is -0.0191. The third kappa shape index (κ3) is 5.33. The molecule has 0 radical (unpaired) electrons. The van der Waals surface area contributed by atoms with E-state index in [0.29, 0.717) is 28.0 Å². The topological polar surface area (TPSA) is 82.3 Å². The van der Waals surface area contributed by atoms with Crippen LogP contribution in [-0.2, 0) is 12.8 Å². The smallest absolute Gasteiger partial charge is 0.418 e. The summed E-state index contributed by atoms with van der Waals surface area (Å²) >= 11 is 0. The molecule has 5 rings (SSSR count). The Morgan fingerprint density at radius 2 is 1.64 bits per heavy atom. The normalized spacial score (nSPS) is 11.4. The Kier molecular flexibility index (Phi) is 6.81. The largest absolute Gasteiger partial charge is 0.489 e. The third-order valence-electron chi connectivity index (χ3n) is 6.13. The van der Waals surface area contributed by atoms with Gasteiger partial charge in [0.25, 0.3) is 5.69 Å². The van der Waals surface area contributed by atoms with Gasteiger partial charge in [-0.25, -0.2) is 0 Å². The number of nitro benzene ring substituents is 1. The van der Waals surface area contributed by atoms with Crippen LogP contribution in [0.3, 0.4) is 0 Å². The lowest BCUT2D eigenvalue weighted by molar-refractivity contribution is -0.384. The van der Waals surface area contributed by atoms with E-state index in [4.69, 9.17) is 4.74 Å². The van der Waals surface area contributed by atoms with Gasteiger partial charge in [-0.2, -0.15) is 13.2 Å². The van der Waals surface area contributed by atoms with Crippen LogP contribution in [0.25, 0.3) is 22.0 Å². The van der Waals surface area contributed by atoms with E-state index in [0.717, 1.165) is 6.07 Å². The van der Waals surface area contributed by atoms with Crippen LogP contribution >= 0.6 is 0 Å². The highest BCUT2D eigenvalue weighted by Gasteiger charge is 2.34. The second kappa shape index (κ2) is 10.4. The van der Waals surface area contributed by atoms with Gasteiger partial charge >= 0.3 is 6.18 Å². The van der Waals surface area contributed by atoms with Crippen LogP contribution in [0.1, 0.15) is 27.0 Å². The second-order valence-electron chi connectivity index (χ2n) is 8.69. The molecule has 0 aliphatic carbocycles. The molecule has 9 heteroatoms. The van der Waals surface area contributed by atoms with E-state index in [1.807, 2.05) is 0 Å². The monoisotopic (exact) mass is 528 g/mol. The zero-order valence-electron chi connectivity index (χ0n) is 20.2. The van der Waals surface area contributed by atoms with E-state index in [9.17, 15) is 28.1 Å². The minimum atomic E-state index is -4.64. The molecule has 0 aliphatic heterocycles. The number of non-ortho nitro benzene ring substituents is 1. The Morgan fingerprint density at radius 3 is 2.38 bits per heavy atom. The molecule has 0 spiro atoms. The summed E-state index contributed by atoms with van der Waals surface area (Å²) in [6.07, 6.45) is -3.46. The maximum Gasteiger partial charge on any atom is 0.418 e. The molecule has 39 heavy (non-hydrogen) atoms. The van der Waals surface area contributed by atoms with Crippen molar-refractivity contribution >= 4 is 22.4 Å². The van der Waals surface area contributed by atoms with Crippen molar-refractivity contribution < 1.29 is 27.6 Å². The highest BCUT2D eigenvalue weighted by atomic mass is 19.4. The third-order valence-corrected chi connectivity index (χ3v) is 6.13. The maximum absolute atomic E-state index is 13.8. The van der Waals surface area contributed by atoms with Gasteiger partial charge in [0, 0.05) is 40.4 Å². The van der Waals surface area contributed by atoms with Gasteiger partial charge in [-0.05, 0) is 29.3 Å². The number of rotatable bonds is 7. The van der Waals surface area contributed by atoms with Crippen LogP contribution in [0.4, 0.5) is 18.9 Å². The zero-order chi connectivity index (χ0) is 27.6. The molecule has 0 amide bonds. The fraction of sp³-hybridized carbons (Fsp3) is 0.0667. The summed E-state index contributed by atoms with van der Waals surface area (Å²) in [7, 11) is 0. The molecule has 0 atom stereocenters. The summed E-state index contributed by atoms with van der Waals surface area (Å²) in [6.45, 7) is 0.0241. The molecule has 0 bridgehead atoms. The average Bonchev–Trinajstić information content (AvgIpc) is 2.95. The number of para-hydroxylation sites is 1. The molecular weight excluding hydrogens is 509 g/mol. The Bertz CT molecular complexity index is 1700. The van der Waals surface area contributed by atoms with Crippen molar-refractivity contribution in [1.82, 2.24) is 4.98 Å². The number of alkyl halides is 3. The molecule has 194 valence electrons. The first-order chi connectivity index (χ1) is 18.7. The molecule has 0 fully saturated rings. The number of ketones is 1. The van der Waals surface area contributed by atoms with Gasteiger partial charge < -0.3 is 4.74 Å². The van der Waals surface area contributed by atoms with E-state index in [-0.39, 0.29) is 34.5 Å². The lowest BCUT2D eigenvalue weighted by Gasteiger charge is -2.16. The second-order valence-corrected chi connectivity index (χ2v) is 8.69. The molecule has 0 N–H and O–H groups in total. The highest BCUT2D eigenvalue weighted by Crippen LogP contribution is 2.39. The molecule has 0 aliphatic rings. The summed E-state index contributed by atoms with van der Waals surface area (Å²) in [4.78, 5) is 28.1. The number of nitro groups is 1. The van der Waals surface area contributed by atoms with Gasteiger partial charge in [-0.3, -0.25) is 19.9 Å². The summed E-state index contributed by atoms with van der Waals surface area (Å²) in [6, 6.07) is 24.8. The Morgan fingerprint density at radius 1 is 0.897 bits per heavy atom. The average molecular weight is 528 g/mol. The number of ether oxygens (including phenoxy) is 1. The van der Waals surface area contributed by atoms with E-state index in [1.54, 1.807) is 66.7 Å². The van der Waals surface area contributed by atoms with E-state index in [2.05, 4.69) is 4.98 Å². The van der Waals surface area contributed by atoms with Gasteiger partial charge in [0.05, 0.1) is 16.0 Å². The SMILES string of the molecule is O=C(c1ccccc1)c1cnc2c(C(F)(F)F)cccc2c1-c1cccc(OCc2cccc([N+](=O)[O-])c2)c1. The molecule has 0 unspecified atom stereocenters. The number of nitrogens with zero attached hydrogens (tertiary/aromatic N) is 2. The Balaban J connectivity index is 1.61. The lowest BCUT2D eigenvalue weighted by atomic mass is 9.91. The number of carbonyl (C=O) groups is 1. The standard InChI is InChI=1S/C30H19F3N2O4/c31-30(32,33)26-14-6-13-24-27(25(17-34-28(24)26)29(36)20-8-2-1-3-9-20)21-10-5-12-23(16-21)39-18-19-7-4-11-22(15-19)35(37)38/h1-17H,18H2. The van der Waals surface area contributed by atoms with E-state index >= 15 is 0 Å². The summed E-state index contributed by atoms with van der Waals surface area (Å²) < 4.78 is 47.3. The number of fused-ring (bicyclic) bond motifs is 1. The number of aromatic nitrogens is 1. The summed E-state index contributed by atoms with van der Waals surface area (Å²) in [5.41, 5.74) is 0.578. The van der Waals surface area contributed by atoms with Gasteiger partial charge in [0.2, 0.25) is 0 Å². The fourth-order valence-electron chi connectivity index (χ4n) is 4.35. The van der Waals surface area contributed by atoms with Crippen LogP contribution in [0.15, 0.2) is 103 Å². The number of hydrogen-bond donors (Lipinski definition) is 0. The van der Waals surface area contributed by atoms with Crippen molar-refractivity contribution in [1.29, 1.82) is 0 Å². The lowest BCUT2D eigenvalue weighted by Crippen LogP contribution is -2.09. The van der Waals surface area contributed by atoms with Gasteiger partial charge in [-0.1, -0.05) is 66.7 Å². The number of hydrogen-bond acceptors (Lipinski definition) is 5. The molecule has 0 saturated carbocycles. The molecule has 5 aromatic rings. The molecule has 0 saturated heterocycles. The first-order valence-corrected chi connectivity index (χ1v) is 11.8. The molecule has 4 aromatic carbocycles. The van der Waals surface area contributed by atoms with Gasteiger partial charge in [0.15, 0.2) is 5.78 Å². The molecule has 1 heterocycles. The zero-order valence-corrected chi connectivity index (χ0v) is 20.2. The number of halogens is 3. The predicted octanol–water partition coefficient (Wildman–Crippen LogP) is 7.64. The predicted molar refractivity (Wildman–Crippen MR) is 139 cm³/mol. The van der Waals surface area contributed by atoms with E-state index in [1.165, 1.54) is 30.5 Å². The van der Waals surface area contributed by atoms with Crippen LogP contribution in [0.5, 0.6) is 5.75 Å². The van der Waals surface area contributed by atoms with Crippen molar-refractivity contribution in [3.63, 3.8) is 0 Å². The van der Waals surface area contributed by atoms with Crippen molar-refractivity contribution in [2.75, 3.05) is 0 Å². The van der Waals surface area contributed by atoms with Crippen LogP contribution in [0.2, 0.25) is 0 Å². The first kappa shape index (κ1) is 25.6. The van der Waals surface area contributed by atoms with Gasteiger partial charge in [-0.15, -0.1) is 0 Å². The quantitative estimate of drug-likeness (QED) is 0.123. The minimum Gasteiger partial charge on any atom is -0.489 e. The van der Waals surface area contributed by atoms with Crippen LogP contribution in [0, 0.1) is 10.1 Å². The van der Waals surface area contributed by atoms with E-state index < -0.39 is 16.7 Å². The highest BCUT2D eigenvalue weighted by molar-refractivity contribution is 6.16. The van der Waals surface area contributed by atoms with Crippen molar-refractivity contribution in [2.45, 2.75) is 12.8 Å². The molecular formula is C30H19F3N2O4. The number of carbonyl (C=O) groups excluding carboxylic acids is 1. The molecule has 1 aromatic heterocycles.